The van der Waals surface area contributed by atoms with Gasteiger partial charge in [-0.05, 0) is 61.6 Å². The van der Waals surface area contributed by atoms with Crippen LogP contribution in [0.4, 0.5) is 4.39 Å². The van der Waals surface area contributed by atoms with E-state index in [0.29, 0.717) is 18.4 Å². The van der Waals surface area contributed by atoms with E-state index >= 15 is 0 Å². The van der Waals surface area contributed by atoms with Crippen LogP contribution in [-0.2, 0) is 9.59 Å². The summed E-state index contributed by atoms with van der Waals surface area (Å²) in [7, 11) is 0. The number of rotatable bonds is 6. The molecular weight excluding hydrogens is 443 g/mol. The molecule has 0 N–H and O–H groups in total. The number of carbonyl (C=O) groups excluding carboxylic acids is 2. The fraction of sp³-hybridized carbons (Fsp3) is 0.679. The van der Waals surface area contributed by atoms with Gasteiger partial charge in [-0.15, -0.1) is 0 Å². The molecule has 186 valence electrons. The summed E-state index contributed by atoms with van der Waals surface area (Å²) in [5.41, 5.74) is 1.05. The number of piperidine rings is 1. The predicted octanol–water partition coefficient (Wildman–Crippen LogP) is 3.88. The van der Waals surface area contributed by atoms with Crippen molar-refractivity contribution in [2.24, 2.45) is 17.8 Å². The van der Waals surface area contributed by atoms with Crippen LogP contribution in [0.3, 0.4) is 0 Å². The van der Waals surface area contributed by atoms with Crippen LogP contribution in [-0.4, -0.2) is 63.8 Å². The highest BCUT2D eigenvalue weighted by Gasteiger charge is 2.56. The summed E-state index contributed by atoms with van der Waals surface area (Å²) >= 11 is 0. The molecule has 1 aromatic rings. The fourth-order valence-corrected chi connectivity index (χ4v) is 7.60. The molecule has 7 heteroatoms. The number of nitriles is 1. The van der Waals surface area contributed by atoms with E-state index in [0.717, 1.165) is 44.2 Å². The van der Waals surface area contributed by atoms with Crippen molar-refractivity contribution in [1.29, 1.82) is 5.26 Å². The quantitative estimate of drug-likeness (QED) is 0.622. The van der Waals surface area contributed by atoms with Crippen LogP contribution in [0.25, 0.3) is 0 Å². The van der Waals surface area contributed by atoms with Crippen LogP contribution in [0, 0.1) is 34.9 Å². The Hall–Kier alpha value is -2.46. The number of fused-ring (bicyclic) bond motifs is 3. The van der Waals surface area contributed by atoms with Gasteiger partial charge in [-0.3, -0.25) is 14.5 Å². The van der Waals surface area contributed by atoms with Gasteiger partial charge < -0.3 is 9.80 Å². The zero-order chi connectivity index (χ0) is 24.3. The van der Waals surface area contributed by atoms with E-state index in [9.17, 15) is 19.2 Å². The molecule has 7 atom stereocenters. The Morgan fingerprint density at radius 2 is 1.89 bits per heavy atom. The predicted molar refractivity (Wildman–Crippen MR) is 128 cm³/mol. The zero-order valence-corrected chi connectivity index (χ0v) is 20.5. The standard InChI is InChI=1S/C28H35FN4O2/c1-17(27(34)32-22(14-30)11-20-12-24(20)32)15-31-16-23-13-25(31)28(35)33(23)26(18-5-3-2-4-6-18)19-7-9-21(29)10-8-19/h7-10,17-18,20,22-26H,2-6,11-13,15-16H2,1H3/t17-,20+,22-,23-,24?,25-,26-/m0/s1. The van der Waals surface area contributed by atoms with Gasteiger partial charge in [0.25, 0.3) is 0 Å². The Bertz CT molecular complexity index is 1030. The molecule has 1 aromatic carbocycles. The van der Waals surface area contributed by atoms with Crippen molar-refractivity contribution in [3.8, 4) is 6.07 Å². The lowest BCUT2D eigenvalue weighted by atomic mass is 9.80. The Labute approximate surface area is 207 Å². The first-order valence-corrected chi connectivity index (χ1v) is 13.5. The summed E-state index contributed by atoms with van der Waals surface area (Å²) in [5.74, 6) is 0.688. The summed E-state index contributed by atoms with van der Waals surface area (Å²) in [4.78, 5) is 33.1. The van der Waals surface area contributed by atoms with Crippen molar-refractivity contribution in [2.45, 2.75) is 88.5 Å². The number of halogens is 1. The minimum Gasteiger partial charge on any atom is -0.330 e. The lowest BCUT2D eigenvalue weighted by Crippen LogP contribution is -2.54. The van der Waals surface area contributed by atoms with E-state index < -0.39 is 0 Å². The van der Waals surface area contributed by atoms with Gasteiger partial charge in [0.15, 0.2) is 0 Å². The number of hydrogen-bond donors (Lipinski definition) is 0. The summed E-state index contributed by atoms with van der Waals surface area (Å²) in [6.45, 7) is 3.30. The van der Waals surface area contributed by atoms with Crippen molar-refractivity contribution < 1.29 is 14.0 Å². The molecule has 0 aromatic heterocycles. The molecule has 3 saturated heterocycles. The van der Waals surface area contributed by atoms with Gasteiger partial charge in [0, 0.05) is 31.1 Å². The molecule has 2 bridgehead atoms. The van der Waals surface area contributed by atoms with Crippen LogP contribution < -0.4 is 0 Å². The number of piperazine rings is 1. The normalized spacial score (nSPS) is 34.1. The minimum absolute atomic E-state index is 0.00684. The monoisotopic (exact) mass is 478 g/mol. The number of likely N-dealkylation sites (tertiary alicyclic amines) is 3. The molecule has 6 nitrogen and oxygen atoms in total. The summed E-state index contributed by atoms with van der Waals surface area (Å²) in [6.07, 6.45) is 8.49. The van der Waals surface area contributed by atoms with Gasteiger partial charge in [-0.25, -0.2) is 4.39 Å². The zero-order valence-electron chi connectivity index (χ0n) is 20.5. The van der Waals surface area contributed by atoms with Gasteiger partial charge in [-0.1, -0.05) is 38.3 Å². The van der Waals surface area contributed by atoms with Crippen molar-refractivity contribution in [3.63, 3.8) is 0 Å². The molecule has 1 unspecified atom stereocenters. The summed E-state index contributed by atoms with van der Waals surface area (Å²) in [6, 6.07) is 9.00. The SMILES string of the molecule is C[C@@H](CN1C[C@@H]2C[C@H]1C(=O)N2[C@H](c1ccc(F)cc1)C1CCCCC1)C(=O)N1C2C[C@H]2C[C@H]1C#N. The van der Waals surface area contributed by atoms with Crippen molar-refractivity contribution in [2.75, 3.05) is 13.1 Å². The van der Waals surface area contributed by atoms with Crippen LogP contribution in [0.15, 0.2) is 24.3 Å². The second kappa shape index (κ2) is 8.89. The fourth-order valence-electron chi connectivity index (χ4n) is 7.60. The maximum atomic E-state index is 13.7. The van der Waals surface area contributed by atoms with Gasteiger partial charge in [0.05, 0.1) is 18.2 Å². The van der Waals surface area contributed by atoms with E-state index in [1.54, 1.807) is 0 Å². The Morgan fingerprint density at radius 3 is 2.57 bits per heavy atom. The van der Waals surface area contributed by atoms with Gasteiger partial charge >= 0.3 is 0 Å². The molecule has 2 aliphatic carbocycles. The third-order valence-electron chi connectivity index (χ3n) is 9.36. The van der Waals surface area contributed by atoms with E-state index in [1.165, 1.54) is 31.4 Å². The average molecular weight is 479 g/mol. The number of carbonyl (C=O) groups is 2. The number of amides is 2. The van der Waals surface area contributed by atoms with Crippen molar-refractivity contribution in [1.82, 2.24) is 14.7 Å². The Balaban J connectivity index is 1.16. The molecule has 2 amide bonds. The first kappa shape index (κ1) is 23.0. The average Bonchev–Trinajstić information content (AvgIpc) is 3.19. The topological polar surface area (TPSA) is 67.7 Å². The maximum Gasteiger partial charge on any atom is 0.240 e. The molecule has 5 aliphatic rings. The minimum atomic E-state index is -0.284. The molecule has 6 rings (SSSR count). The van der Waals surface area contributed by atoms with E-state index in [-0.39, 0.29) is 53.8 Å². The van der Waals surface area contributed by atoms with E-state index in [4.69, 9.17) is 0 Å². The first-order valence-electron chi connectivity index (χ1n) is 13.5. The molecule has 5 fully saturated rings. The molecule has 2 saturated carbocycles. The largest absolute Gasteiger partial charge is 0.330 e. The maximum absolute atomic E-state index is 13.7. The Kier molecular flexibility index (Phi) is 5.83. The molecular formula is C28H35FN4O2. The van der Waals surface area contributed by atoms with Crippen LogP contribution in [0.1, 0.15) is 69.9 Å². The van der Waals surface area contributed by atoms with Crippen LogP contribution in [0.5, 0.6) is 0 Å². The van der Waals surface area contributed by atoms with Crippen molar-refractivity contribution >= 4 is 11.8 Å². The van der Waals surface area contributed by atoms with E-state index in [2.05, 4.69) is 15.9 Å². The highest BCUT2D eigenvalue weighted by molar-refractivity contribution is 5.86. The van der Waals surface area contributed by atoms with Gasteiger partial charge in [0.2, 0.25) is 11.8 Å². The Morgan fingerprint density at radius 1 is 1.14 bits per heavy atom. The van der Waals surface area contributed by atoms with Crippen LogP contribution >= 0.6 is 0 Å². The lowest BCUT2D eigenvalue weighted by molar-refractivity contribution is -0.144. The smallest absolute Gasteiger partial charge is 0.240 e. The molecule has 0 spiro atoms. The second-order valence-corrected chi connectivity index (χ2v) is 11.6. The third kappa shape index (κ3) is 3.94. The number of nitrogens with zero attached hydrogens (tertiary/aromatic N) is 4. The summed E-state index contributed by atoms with van der Waals surface area (Å²) < 4.78 is 13.7. The molecule has 35 heavy (non-hydrogen) atoms. The molecule has 3 heterocycles. The summed E-state index contributed by atoms with van der Waals surface area (Å²) in [5, 5.41) is 9.48. The molecule has 3 aliphatic heterocycles. The highest BCUT2D eigenvalue weighted by atomic mass is 19.1. The lowest BCUT2D eigenvalue weighted by Gasteiger charge is -2.43. The van der Waals surface area contributed by atoms with Crippen LogP contribution in [0.2, 0.25) is 0 Å². The first-order chi connectivity index (χ1) is 17.0. The number of hydrogen-bond acceptors (Lipinski definition) is 4. The van der Waals surface area contributed by atoms with Crippen molar-refractivity contribution in [3.05, 3.63) is 35.6 Å². The molecule has 0 radical (unpaired) electrons. The van der Waals surface area contributed by atoms with Gasteiger partial charge in [0.1, 0.15) is 11.9 Å². The second-order valence-electron chi connectivity index (χ2n) is 11.6. The number of benzene rings is 1. The highest BCUT2D eigenvalue weighted by Crippen LogP contribution is 2.49. The third-order valence-corrected chi connectivity index (χ3v) is 9.36. The van der Waals surface area contributed by atoms with E-state index in [1.807, 2.05) is 24.0 Å². The van der Waals surface area contributed by atoms with Gasteiger partial charge in [-0.2, -0.15) is 5.26 Å².